The molecule has 1 atom stereocenters. The lowest BCUT2D eigenvalue weighted by atomic mass is 10.0. The van der Waals surface area contributed by atoms with Crippen LogP contribution in [0.1, 0.15) is 34.5 Å². The van der Waals surface area contributed by atoms with Crippen molar-refractivity contribution in [1.82, 2.24) is 15.2 Å². The number of benzene rings is 2. The van der Waals surface area contributed by atoms with Crippen LogP contribution in [0.5, 0.6) is 0 Å². The highest BCUT2D eigenvalue weighted by molar-refractivity contribution is 5.97. The van der Waals surface area contributed by atoms with Crippen LogP contribution in [-0.2, 0) is 0 Å². The van der Waals surface area contributed by atoms with Gasteiger partial charge in [0.25, 0.3) is 5.91 Å². The molecule has 30 heavy (non-hydrogen) atoms. The molecule has 3 aromatic rings. The van der Waals surface area contributed by atoms with Gasteiger partial charge in [-0.2, -0.15) is 0 Å². The van der Waals surface area contributed by atoms with E-state index in [2.05, 4.69) is 10.3 Å². The van der Waals surface area contributed by atoms with Gasteiger partial charge in [-0.3, -0.25) is 4.79 Å². The highest BCUT2D eigenvalue weighted by atomic mass is 16.4. The van der Waals surface area contributed by atoms with E-state index in [1.807, 2.05) is 74.5 Å². The fourth-order valence-electron chi connectivity index (χ4n) is 3.98. The number of carbonyl (C=O) groups excluding carboxylic acids is 1. The molecule has 1 aromatic heterocycles. The van der Waals surface area contributed by atoms with Crippen LogP contribution >= 0.6 is 0 Å². The first-order chi connectivity index (χ1) is 14.3. The quantitative estimate of drug-likeness (QED) is 0.602. The van der Waals surface area contributed by atoms with Gasteiger partial charge < -0.3 is 25.2 Å². The number of amides is 2. The minimum atomic E-state index is -0.893. The van der Waals surface area contributed by atoms with E-state index in [9.17, 15) is 9.59 Å². The van der Waals surface area contributed by atoms with Crippen molar-refractivity contribution in [2.24, 2.45) is 0 Å². The van der Waals surface area contributed by atoms with Crippen molar-refractivity contribution in [2.75, 3.05) is 25.0 Å². The predicted molar refractivity (Wildman–Crippen MR) is 117 cm³/mol. The van der Waals surface area contributed by atoms with Crippen molar-refractivity contribution in [3.05, 3.63) is 65.4 Å². The standard InChI is InChI=1S/C23H26N4O3/c1-14-7-8-16(26(3)17-12-27(13-17)23(29)30)11-20(14)22(28)25-15(2)18-5-4-6-21-19(18)9-10-24-21/h4-11,15,17,24H,12-13H2,1-3H3,(H,25,28)(H,29,30). The van der Waals surface area contributed by atoms with Crippen LogP contribution < -0.4 is 10.2 Å². The molecular formula is C23H26N4O3. The summed E-state index contributed by atoms with van der Waals surface area (Å²) < 4.78 is 0. The molecule has 7 nitrogen and oxygen atoms in total. The lowest BCUT2D eigenvalue weighted by molar-refractivity contribution is 0.0939. The lowest BCUT2D eigenvalue weighted by Crippen LogP contribution is -2.60. The van der Waals surface area contributed by atoms with Crippen LogP contribution in [0.2, 0.25) is 0 Å². The minimum absolute atomic E-state index is 0.116. The number of carbonyl (C=O) groups is 2. The molecule has 0 saturated carbocycles. The molecule has 1 saturated heterocycles. The SMILES string of the molecule is Cc1ccc(N(C)C2CN(C(=O)O)C2)cc1C(=O)NC(C)c1cccc2[nH]ccc12. The number of aromatic amines is 1. The maximum atomic E-state index is 13.1. The van der Waals surface area contributed by atoms with E-state index in [4.69, 9.17) is 5.11 Å². The number of hydrogen-bond donors (Lipinski definition) is 3. The molecule has 156 valence electrons. The second-order valence-electron chi connectivity index (χ2n) is 7.93. The zero-order chi connectivity index (χ0) is 21.4. The van der Waals surface area contributed by atoms with E-state index in [0.29, 0.717) is 18.7 Å². The maximum absolute atomic E-state index is 13.1. The van der Waals surface area contributed by atoms with Gasteiger partial charge in [0.2, 0.25) is 0 Å². The number of likely N-dealkylation sites (N-methyl/N-ethyl adjacent to an activating group) is 1. The van der Waals surface area contributed by atoms with Crippen LogP contribution in [0, 0.1) is 6.92 Å². The van der Waals surface area contributed by atoms with Gasteiger partial charge in [0, 0.05) is 48.5 Å². The molecule has 0 bridgehead atoms. The van der Waals surface area contributed by atoms with Crippen molar-refractivity contribution in [1.29, 1.82) is 0 Å². The topological polar surface area (TPSA) is 88.7 Å². The van der Waals surface area contributed by atoms with Crippen molar-refractivity contribution in [2.45, 2.75) is 25.9 Å². The maximum Gasteiger partial charge on any atom is 0.407 e. The third kappa shape index (κ3) is 3.58. The summed E-state index contributed by atoms with van der Waals surface area (Å²) in [5.74, 6) is -0.122. The molecular weight excluding hydrogens is 380 g/mol. The Morgan fingerprint density at radius 2 is 2.00 bits per heavy atom. The first-order valence-corrected chi connectivity index (χ1v) is 10.0. The van der Waals surface area contributed by atoms with Crippen molar-refractivity contribution in [3.63, 3.8) is 0 Å². The Kier molecular flexibility index (Phi) is 5.11. The first-order valence-electron chi connectivity index (χ1n) is 10.0. The average Bonchev–Trinajstić information content (AvgIpc) is 3.15. The lowest BCUT2D eigenvalue weighted by Gasteiger charge is -2.43. The molecule has 3 N–H and O–H groups in total. The molecule has 2 amide bonds. The highest BCUT2D eigenvalue weighted by Crippen LogP contribution is 2.26. The van der Waals surface area contributed by atoms with Crippen LogP contribution in [0.3, 0.4) is 0 Å². The molecule has 4 rings (SSSR count). The fourth-order valence-corrected chi connectivity index (χ4v) is 3.98. The van der Waals surface area contributed by atoms with Crippen LogP contribution in [0.15, 0.2) is 48.7 Å². The number of rotatable bonds is 5. The van der Waals surface area contributed by atoms with E-state index in [-0.39, 0.29) is 18.0 Å². The Bertz CT molecular complexity index is 1100. The van der Waals surface area contributed by atoms with Gasteiger partial charge in [-0.25, -0.2) is 4.79 Å². The first kappa shape index (κ1) is 19.8. The summed E-state index contributed by atoms with van der Waals surface area (Å²) in [6, 6.07) is 13.8. The van der Waals surface area contributed by atoms with Gasteiger partial charge in [-0.1, -0.05) is 18.2 Å². The largest absolute Gasteiger partial charge is 0.465 e. The normalized spacial score (nSPS) is 15.0. The van der Waals surface area contributed by atoms with Gasteiger partial charge in [-0.15, -0.1) is 0 Å². The van der Waals surface area contributed by atoms with Crippen LogP contribution in [0.4, 0.5) is 10.5 Å². The van der Waals surface area contributed by atoms with Crippen molar-refractivity contribution < 1.29 is 14.7 Å². The molecule has 0 spiro atoms. The Hall–Kier alpha value is -3.48. The molecule has 1 unspecified atom stereocenters. The number of hydrogen-bond acceptors (Lipinski definition) is 3. The van der Waals surface area contributed by atoms with E-state index < -0.39 is 6.09 Å². The second-order valence-corrected chi connectivity index (χ2v) is 7.93. The molecule has 7 heteroatoms. The Balaban J connectivity index is 1.50. The Morgan fingerprint density at radius 1 is 1.23 bits per heavy atom. The zero-order valence-electron chi connectivity index (χ0n) is 17.3. The molecule has 2 heterocycles. The second kappa shape index (κ2) is 7.74. The van der Waals surface area contributed by atoms with Gasteiger partial charge >= 0.3 is 6.09 Å². The summed E-state index contributed by atoms with van der Waals surface area (Å²) in [4.78, 5) is 30.7. The molecule has 1 aliphatic rings. The van der Waals surface area contributed by atoms with Gasteiger partial charge in [0.1, 0.15) is 0 Å². The summed E-state index contributed by atoms with van der Waals surface area (Å²) in [7, 11) is 1.94. The van der Waals surface area contributed by atoms with E-state index in [0.717, 1.165) is 27.7 Å². The van der Waals surface area contributed by atoms with E-state index in [1.54, 1.807) is 0 Å². The monoisotopic (exact) mass is 406 g/mol. The van der Waals surface area contributed by atoms with Gasteiger partial charge in [0.15, 0.2) is 0 Å². The molecule has 1 aliphatic heterocycles. The number of carboxylic acid groups (broad SMARTS) is 1. The number of aromatic nitrogens is 1. The van der Waals surface area contributed by atoms with Crippen molar-refractivity contribution in [3.8, 4) is 0 Å². The minimum Gasteiger partial charge on any atom is -0.465 e. The number of nitrogens with one attached hydrogen (secondary N) is 2. The number of aryl methyl sites for hydroxylation is 1. The number of fused-ring (bicyclic) bond motifs is 1. The fraction of sp³-hybridized carbons (Fsp3) is 0.304. The Morgan fingerprint density at radius 3 is 2.73 bits per heavy atom. The van der Waals surface area contributed by atoms with Gasteiger partial charge in [-0.05, 0) is 49.2 Å². The van der Waals surface area contributed by atoms with E-state index >= 15 is 0 Å². The average molecular weight is 406 g/mol. The summed E-state index contributed by atoms with van der Waals surface area (Å²) >= 11 is 0. The Labute approximate surface area is 175 Å². The molecule has 0 aliphatic carbocycles. The van der Waals surface area contributed by atoms with Crippen molar-refractivity contribution >= 4 is 28.6 Å². The summed E-state index contributed by atoms with van der Waals surface area (Å²) in [6.45, 7) is 4.85. The predicted octanol–water partition coefficient (Wildman–Crippen LogP) is 3.77. The zero-order valence-corrected chi connectivity index (χ0v) is 17.3. The summed E-state index contributed by atoms with van der Waals surface area (Å²) in [5, 5.41) is 13.3. The number of nitrogens with zero attached hydrogens (tertiary/aromatic N) is 2. The summed E-state index contributed by atoms with van der Waals surface area (Å²) in [6.07, 6.45) is 1.01. The van der Waals surface area contributed by atoms with Gasteiger partial charge in [0.05, 0.1) is 12.1 Å². The number of likely N-dealkylation sites (tertiary alicyclic amines) is 1. The molecule has 0 radical (unpaired) electrons. The molecule has 1 fully saturated rings. The molecule has 2 aromatic carbocycles. The third-order valence-corrected chi connectivity index (χ3v) is 6.00. The van der Waals surface area contributed by atoms with Crippen LogP contribution in [-0.4, -0.2) is 53.2 Å². The van der Waals surface area contributed by atoms with E-state index in [1.165, 1.54) is 4.90 Å². The number of H-pyrrole nitrogens is 1. The summed E-state index contributed by atoms with van der Waals surface area (Å²) in [5.41, 5.74) is 4.54. The third-order valence-electron chi connectivity index (χ3n) is 6.00. The highest BCUT2D eigenvalue weighted by Gasteiger charge is 2.33. The smallest absolute Gasteiger partial charge is 0.407 e. The van der Waals surface area contributed by atoms with Crippen LogP contribution in [0.25, 0.3) is 10.9 Å². The number of anilines is 1.